The maximum atomic E-state index is 8.66. The number of pyridine rings is 1. The zero-order chi connectivity index (χ0) is 12.1. The Bertz CT molecular complexity index is 381. The molecule has 0 aliphatic rings. The lowest BCUT2D eigenvalue weighted by Gasteiger charge is -2.24. The van der Waals surface area contributed by atoms with Crippen LogP contribution in [-0.4, -0.2) is 18.1 Å². The lowest BCUT2D eigenvalue weighted by atomic mass is 10.1. The molecular weight excluding hydrogens is 200 g/mol. The van der Waals surface area contributed by atoms with E-state index >= 15 is 0 Å². The Balaban J connectivity index is 2.87. The highest BCUT2D eigenvalue weighted by atomic mass is 15.2. The molecule has 1 rings (SSSR count). The molecule has 0 aliphatic carbocycles. The van der Waals surface area contributed by atoms with Crippen molar-refractivity contribution in [3.8, 4) is 6.07 Å². The number of hydrogen-bond acceptors (Lipinski definition) is 4. The molecule has 0 fully saturated rings. The largest absolute Gasteiger partial charge is 0.356 e. The van der Waals surface area contributed by atoms with Crippen molar-refractivity contribution in [2.75, 3.05) is 11.9 Å². The van der Waals surface area contributed by atoms with Crippen LogP contribution < -0.4 is 10.6 Å². The van der Waals surface area contributed by atoms with E-state index < -0.39 is 0 Å². The van der Waals surface area contributed by atoms with Crippen molar-refractivity contribution in [1.29, 1.82) is 5.26 Å². The summed E-state index contributed by atoms with van der Waals surface area (Å²) in [6.07, 6.45) is 2.24. The standard InChI is InChI=1S/C12H18N4/c1-9(4-6-13)16(3)12-8-11(10(2)14)5-7-15-12/h5,7-10H,4,14H2,1-3H3/t9?,10-/m1/s1. The van der Waals surface area contributed by atoms with Gasteiger partial charge in [0.05, 0.1) is 12.5 Å². The molecule has 0 saturated carbocycles. The number of anilines is 1. The van der Waals surface area contributed by atoms with Crippen LogP contribution in [0.1, 0.15) is 31.9 Å². The quantitative estimate of drug-likeness (QED) is 0.837. The van der Waals surface area contributed by atoms with Gasteiger partial charge in [0.1, 0.15) is 5.82 Å². The fraction of sp³-hybridized carbons (Fsp3) is 0.500. The van der Waals surface area contributed by atoms with Crippen LogP contribution in [-0.2, 0) is 0 Å². The Morgan fingerprint density at radius 1 is 1.56 bits per heavy atom. The number of nitriles is 1. The monoisotopic (exact) mass is 218 g/mol. The van der Waals surface area contributed by atoms with Crippen LogP contribution in [0.3, 0.4) is 0 Å². The lowest BCUT2D eigenvalue weighted by Crippen LogP contribution is -2.29. The summed E-state index contributed by atoms with van der Waals surface area (Å²) in [5.74, 6) is 0.859. The minimum absolute atomic E-state index is 0.00132. The number of hydrogen-bond donors (Lipinski definition) is 1. The molecule has 1 aromatic rings. The van der Waals surface area contributed by atoms with Gasteiger partial charge in [0.2, 0.25) is 0 Å². The number of nitrogens with zero attached hydrogens (tertiary/aromatic N) is 3. The van der Waals surface area contributed by atoms with Crippen molar-refractivity contribution < 1.29 is 0 Å². The summed E-state index contributed by atoms with van der Waals surface area (Å²) in [7, 11) is 1.94. The van der Waals surface area contributed by atoms with E-state index in [0.717, 1.165) is 11.4 Å². The second kappa shape index (κ2) is 5.47. The first kappa shape index (κ1) is 12.5. The summed E-state index contributed by atoms with van der Waals surface area (Å²) in [5, 5.41) is 8.66. The van der Waals surface area contributed by atoms with Crippen molar-refractivity contribution in [2.45, 2.75) is 32.4 Å². The van der Waals surface area contributed by atoms with Gasteiger partial charge in [0, 0.05) is 25.3 Å². The zero-order valence-corrected chi connectivity index (χ0v) is 10.0. The Kier molecular flexibility index (Phi) is 4.27. The van der Waals surface area contributed by atoms with E-state index in [2.05, 4.69) is 11.1 Å². The Morgan fingerprint density at radius 2 is 2.25 bits per heavy atom. The SMILES string of the molecule is CC(CC#N)N(C)c1cc([C@@H](C)N)ccn1. The predicted octanol–water partition coefficient (Wildman–Crippen LogP) is 1.84. The molecule has 0 amide bonds. The minimum Gasteiger partial charge on any atom is -0.356 e. The third-order valence-electron chi connectivity index (χ3n) is 2.70. The molecular formula is C12H18N4. The van der Waals surface area contributed by atoms with Crippen LogP contribution in [0, 0.1) is 11.3 Å². The number of aromatic nitrogens is 1. The van der Waals surface area contributed by atoms with Gasteiger partial charge in [-0.25, -0.2) is 4.98 Å². The molecule has 1 aromatic heterocycles. The van der Waals surface area contributed by atoms with Gasteiger partial charge in [-0.2, -0.15) is 5.26 Å². The average molecular weight is 218 g/mol. The van der Waals surface area contributed by atoms with Gasteiger partial charge in [-0.15, -0.1) is 0 Å². The van der Waals surface area contributed by atoms with E-state index in [9.17, 15) is 0 Å². The van der Waals surface area contributed by atoms with Gasteiger partial charge in [0.25, 0.3) is 0 Å². The van der Waals surface area contributed by atoms with Crippen LogP contribution in [0.2, 0.25) is 0 Å². The molecule has 0 radical (unpaired) electrons. The molecule has 0 bridgehead atoms. The molecule has 0 aromatic carbocycles. The normalized spacial score (nSPS) is 13.9. The van der Waals surface area contributed by atoms with Crippen LogP contribution in [0.25, 0.3) is 0 Å². The minimum atomic E-state index is 0.00132. The summed E-state index contributed by atoms with van der Waals surface area (Å²) < 4.78 is 0. The fourth-order valence-electron chi connectivity index (χ4n) is 1.41. The Hall–Kier alpha value is -1.60. The summed E-state index contributed by atoms with van der Waals surface area (Å²) >= 11 is 0. The molecule has 0 spiro atoms. The third-order valence-corrected chi connectivity index (χ3v) is 2.70. The molecule has 16 heavy (non-hydrogen) atoms. The third kappa shape index (κ3) is 2.94. The van der Waals surface area contributed by atoms with Gasteiger partial charge in [-0.05, 0) is 31.5 Å². The highest BCUT2D eigenvalue weighted by Gasteiger charge is 2.11. The molecule has 2 N–H and O–H groups in total. The summed E-state index contributed by atoms with van der Waals surface area (Å²) in [5.41, 5.74) is 6.88. The highest BCUT2D eigenvalue weighted by Crippen LogP contribution is 2.18. The second-order valence-electron chi connectivity index (χ2n) is 4.06. The number of nitrogens with two attached hydrogens (primary N) is 1. The Labute approximate surface area is 96.7 Å². The van der Waals surface area contributed by atoms with E-state index in [4.69, 9.17) is 11.0 Å². The van der Waals surface area contributed by atoms with Crippen molar-refractivity contribution in [3.05, 3.63) is 23.9 Å². The first-order chi connectivity index (χ1) is 7.56. The summed E-state index contributed by atoms with van der Waals surface area (Å²) in [6, 6.07) is 6.20. The van der Waals surface area contributed by atoms with E-state index in [-0.39, 0.29) is 12.1 Å². The first-order valence-corrected chi connectivity index (χ1v) is 5.37. The molecule has 0 saturated heterocycles. The van der Waals surface area contributed by atoms with Gasteiger partial charge in [-0.1, -0.05) is 0 Å². The smallest absolute Gasteiger partial charge is 0.128 e. The fourth-order valence-corrected chi connectivity index (χ4v) is 1.41. The average Bonchev–Trinajstić information content (AvgIpc) is 2.28. The lowest BCUT2D eigenvalue weighted by molar-refractivity contribution is 0.691. The van der Waals surface area contributed by atoms with E-state index in [1.165, 1.54) is 0 Å². The van der Waals surface area contributed by atoms with Crippen molar-refractivity contribution >= 4 is 5.82 Å². The van der Waals surface area contributed by atoms with Gasteiger partial charge >= 0.3 is 0 Å². The van der Waals surface area contributed by atoms with E-state index in [1.807, 2.05) is 37.9 Å². The maximum Gasteiger partial charge on any atom is 0.128 e. The zero-order valence-electron chi connectivity index (χ0n) is 10.0. The molecule has 86 valence electrons. The molecule has 1 unspecified atom stereocenters. The molecule has 4 heteroatoms. The Morgan fingerprint density at radius 3 is 2.81 bits per heavy atom. The molecule has 4 nitrogen and oxygen atoms in total. The summed E-state index contributed by atoms with van der Waals surface area (Å²) in [4.78, 5) is 6.28. The number of rotatable bonds is 4. The highest BCUT2D eigenvalue weighted by molar-refractivity contribution is 5.42. The van der Waals surface area contributed by atoms with Gasteiger partial charge < -0.3 is 10.6 Å². The van der Waals surface area contributed by atoms with Crippen molar-refractivity contribution in [2.24, 2.45) is 5.73 Å². The topological polar surface area (TPSA) is 65.9 Å². The van der Waals surface area contributed by atoms with Gasteiger partial charge in [-0.3, -0.25) is 0 Å². The van der Waals surface area contributed by atoms with Crippen LogP contribution in [0.15, 0.2) is 18.3 Å². The maximum absolute atomic E-state index is 8.66. The van der Waals surface area contributed by atoms with Crippen LogP contribution in [0.4, 0.5) is 5.82 Å². The van der Waals surface area contributed by atoms with Gasteiger partial charge in [0.15, 0.2) is 0 Å². The molecule has 2 atom stereocenters. The second-order valence-corrected chi connectivity index (χ2v) is 4.06. The van der Waals surface area contributed by atoms with Crippen molar-refractivity contribution in [1.82, 2.24) is 4.98 Å². The predicted molar refractivity (Wildman–Crippen MR) is 64.9 cm³/mol. The molecule has 0 aliphatic heterocycles. The summed E-state index contributed by atoms with van der Waals surface area (Å²) in [6.45, 7) is 3.95. The molecule has 1 heterocycles. The van der Waals surface area contributed by atoms with Crippen LogP contribution in [0.5, 0.6) is 0 Å². The van der Waals surface area contributed by atoms with E-state index in [1.54, 1.807) is 6.20 Å². The van der Waals surface area contributed by atoms with E-state index in [0.29, 0.717) is 6.42 Å². The first-order valence-electron chi connectivity index (χ1n) is 5.37. The van der Waals surface area contributed by atoms with Crippen molar-refractivity contribution in [3.63, 3.8) is 0 Å². The van der Waals surface area contributed by atoms with Crippen LogP contribution >= 0.6 is 0 Å².